The average Bonchev–Trinajstić information content (AvgIpc) is 3.43. The van der Waals surface area contributed by atoms with Gasteiger partial charge in [-0.25, -0.2) is 18.2 Å². The number of fused-ring (bicyclic) bond motifs is 1. The first-order chi connectivity index (χ1) is 17.2. The molecule has 0 aliphatic carbocycles. The summed E-state index contributed by atoms with van der Waals surface area (Å²) in [5.41, 5.74) is 2.41. The maximum Gasteiger partial charge on any atom is 0.299 e. The van der Waals surface area contributed by atoms with Crippen LogP contribution in [0, 0.1) is 0 Å². The van der Waals surface area contributed by atoms with Crippen molar-refractivity contribution in [3.8, 4) is 22.8 Å². The van der Waals surface area contributed by atoms with E-state index >= 15 is 0 Å². The quantitative estimate of drug-likeness (QED) is 0.279. The number of carbonyl (C=O) groups is 1. The number of halogens is 1. The smallest absolute Gasteiger partial charge is 0.299 e. The topological polar surface area (TPSA) is 156 Å². The van der Waals surface area contributed by atoms with Crippen LogP contribution in [0.2, 0.25) is 5.02 Å². The minimum Gasteiger partial charge on any atom is -0.493 e. The Morgan fingerprint density at radius 3 is 2.47 bits per heavy atom. The SMILES string of the molecule is NS(=O)(=O)c1ccc(-n2ncc(C(=O)N=Nc3c(O)[nH]c4ccc(Cl)cc34)c2-c2ccccc2)cc1. The van der Waals surface area contributed by atoms with Crippen LogP contribution >= 0.6 is 11.6 Å². The van der Waals surface area contributed by atoms with E-state index in [9.17, 15) is 18.3 Å². The molecule has 3 aromatic carbocycles. The molecule has 0 aliphatic heterocycles. The Kier molecular flexibility index (Phi) is 5.88. The standard InChI is InChI=1S/C24H17ClN6O4S/c25-15-6-11-20-18(12-15)21(24(33)28-20)29-30-23(32)19-13-27-31(22(19)14-4-2-1-3-5-14)16-7-9-17(10-8-16)36(26,34)35/h1-13,28,33H,(H2,26,34,35). The molecule has 0 radical (unpaired) electrons. The van der Waals surface area contributed by atoms with Crippen LogP contribution in [0.3, 0.4) is 0 Å². The third-order valence-electron chi connectivity index (χ3n) is 5.41. The lowest BCUT2D eigenvalue weighted by atomic mass is 10.1. The average molecular weight is 521 g/mol. The molecule has 0 aliphatic rings. The van der Waals surface area contributed by atoms with Gasteiger partial charge < -0.3 is 10.1 Å². The van der Waals surface area contributed by atoms with Crippen molar-refractivity contribution in [2.45, 2.75) is 4.90 Å². The number of nitrogens with one attached hydrogen (secondary N) is 1. The molecule has 0 atom stereocenters. The number of hydrogen-bond acceptors (Lipinski definition) is 6. The van der Waals surface area contributed by atoms with Crippen molar-refractivity contribution in [2.24, 2.45) is 15.4 Å². The van der Waals surface area contributed by atoms with Crippen molar-refractivity contribution in [1.82, 2.24) is 14.8 Å². The van der Waals surface area contributed by atoms with Crippen molar-refractivity contribution in [3.05, 3.63) is 89.6 Å². The highest BCUT2D eigenvalue weighted by Gasteiger charge is 2.21. The Bertz CT molecular complexity index is 1740. The van der Waals surface area contributed by atoms with Crippen molar-refractivity contribution < 1.29 is 18.3 Å². The maximum atomic E-state index is 13.2. The molecule has 2 heterocycles. The van der Waals surface area contributed by atoms with Gasteiger partial charge in [0.15, 0.2) is 5.69 Å². The number of aromatic nitrogens is 3. The van der Waals surface area contributed by atoms with E-state index in [1.165, 1.54) is 35.1 Å². The predicted molar refractivity (Wildman–Crippen MR) is 134 cm³/mol. The largest absolute Gasteiger partial charge is 0.493 e. The maximum absolute atomic E-state index is 13.2. The number of carbonyl (C=O) groups excluding carboxylic acids is 1. The summed E-state index contributed by atoms with van der Waals surface area (Å²) in [7, 11) is -3.87. The van der Waals surface area contributed by atoms with Crippen LogP contribution in [-0.2, 0) is 10.0 Å². The van der Waals surface area contributed by atoms with Crippen LogP contribution < -0.4 is 5.14 Å². The number of nitrogens with zero attached hydrogens (tertiary/aromatic N) is 4. The molecule has 36 heavy (non-hydrogen) atoms. The van der Waals surface area contributed by atoms with Crippen LogP contribution in [0.25, 0.3) is 27.8 Å². The Hall–Kier alpha value is -4.32. The van der Waals surface area contributed by atoms with E-state index in [1.54, 1.807) is 42.5 Å². The normalized spacial score (nSPS) is 11.9. The van der Waals surface area contributed by atoms with Gasteiger partial charge in [0.2, 0.25) is 15.9 Å². The van der Waals surface area contributed by atoms with E-state index in [-0.39, 0.29) is 22.0 Å². The van der Waals surface area contributed by atoms with E-state index in [0.29, 0.717) is 32.9 Å². The monoisotopic (exact) mass is 520 g/mol. The first-order valence-electron chi connectivity index (χ1n) is 10.5. The number of amides is 1. The number of hydrogen-bond donors (Lipinski definition) is 3. The highest BCUT2D eigenvalue weighted by Crippen LogP contribution is 2.37. The van der Waals surface area contributed by atoms with Crippen LogP contribution in [0.5, 0.6) is 5.88 Å². The summed E-state index contributed by atoms with van der Waals surface area (Å²) in [4.78, 5) is 15.9. The van der Waals surface area contributed by atoms with Crippen molar-refractivity contribution in [2.75, 3.05) is 0 Å². The molecule has 0 saturated carbocycles. The van der Waals surface area contributed by atoms with Crippen molar-refractivity contribution in [1.29, 1.82) is 0 Å². The molecule has 10 nitrogen and oxygen atoms in total. The summed E-state index contributed by atoms with van der Waals surface area (Å²) in [5.74, 6) is -0.949. The number of sulfonamides is 1. The molecule has 2 aromatic heterocycles. The number of azo groups is 1. The fraction of sp³-hybridized carbons (Fsp3) is 0. The van der Waals surface area contributed by atoms with Gasteiger partial charge in [-0.15, -0.1) is 10.2 Å². The van der Waals surface area contributed by atoms with Crippen LogP contribution in [-0.4, -0.2) is 34.2 Å². The number of aromatic hydroxyl groups is 1. The molecule has 12 heteroatoms. The van der Waals surface area contributed by atoms with E-state index < -0.39 is 15.9 Å². The first-order valence-corrected chi connectivity index (χ1v) is 12.4. The van der Waals surface area contributed by atoms with E-state index in [1.807, 2.05) is 6.07 Å². The van der Waals surface area contributed by atoms with Crippen LogP contribution in [0.1, 0.15) is 10.4 Å². The highest BCUT2D eigenvalue weighted by molar-refractivity contribution is 7.89. The predicted octanol–water partition coefficient (Wildman–Crippen LogP) is 4.95. The Morgan fingerprint density at radius 2 is 1.78 bits per heavy atom. The molecule has 180 valence electrons. The number of rotatable bonds is 5. The first kappa shape index (κ1) is 23.4. The fourth-order valence-corrected chi connectivity index (χ4v) is 4.43. The molecule has 0 fully saturated rings. The third-order valence-corrected chi connectivity index (χ3v) is 6.58. The zero-order chi connectivity index (χ0) is 25.4. The summed E-state index contributed by atoms with van der Waals surface area (Å²) in [6, 6.07) is 19.7. The Balaban J connectivity index is 1.58. The molecule has 0 unspecified atom stereocenters. The number of benzene rings is 3. The van der Waals surface area contributed by atoms with Crippen molar-refractivity contribution in [3.63, 3.8) is 0 Å². The highest BCUT2D eigenvalue weighted by atomic mass is 35.5. The number of aromatic amines is 1. The third kappa shape index (κ3) is 4.38. The molecular weight excluding hydrogens is 504 g/mol. The second-order valence-electron chi connectivity index (χ2n) is 7.74. The van der Waals surface area contributed by atoms with Gasteiger partial charge in [-0.05, 0) is 42.5 Å². The molecule has 0 saturated heterocycles. The Labute approximate surface area is 209 Å². The summed E-state index contributed by atoms with van der Waals surface area (Å²) in [6.45, 7) is 0. The van der Waals surface area contributed by atoms with Crippen LogP contribution in [0.15, 0.2) is 94.1 Å². The van der Waals surface area contributed by atoms with Gasteiger partial charge in [0.1, 0.15) is 0 Å². The van der Waals surface area contributed by atoms with Gasteiger partial charge in [-0.3, -0.25) is 4.79 Å². The molecular formula is C24H17ClN6O4S. The summed E-state index contributed by atoms with van der Waals surface area (Å²) < 4.78 is 24.7. The van der Waals surface area contributed by atoms with Gasteiger partial charge >= 0.3 is 0 Å². The Morgan fingerprint density at radius 1 is 1.06 bits per heavy atom. The second kappa shape index (κ2) is 9.04. The molecule has 0 spiro atoms. The number of primary sulfonamides is 1. The molecule has 1 amide bonds. The second-order valence-corrected chi connectivity index (χ2v) is 9.74. The summed E-state index contributed by atoms with van der Waals surface area (Å²) >= 11 is 6.06. The molecule has 5 rings (SSSR count). The van der Waals surface area contributed by atoms with E-state index in [0.717, 1.165) is 0 Å². The molecule has 0 bridgehead atoms. The minimum atomic E-state index is -3.87. The zero-order valence-corrected chi connectivity index (χ0v) is 19.9. The number of nitrogens with two attached hydrogens (primary N) is 1. The number of H-pyrrole nitrogens is 1. The zero-order valence-electron chi connectivity index (χ0n) is 18.3. The van der Waals surface area contributed by atoms with E-state index in [2.05, 4.69) is 20.3 Å². The van der Waals surface area contributed by atoms with Crippen molar-refractivity contribution >= 4 is 44.1 Å². The van der Waals surface area contributed by atoms with Gasteiger partial charge in [0, 0.05) is 16.0 Å². The van der Waals surface area contributed by atoms with Gasteiger partial charge in [0.25, 0.3) is 5.91 Å². The molecule has 5 aromatic rings. The lowest BCUT2D eigenvalue weighted by Crippen LogP contribution is -2.12. The lowest BCUT2D eigenvalue weighted by Gasteiger charge is -2.09. The fourth-order valence-electron chi connectivity index (χ4n) is 3.74. The van der Waals surface area contributed by atoms with E-state index in [4.69, 9.17) is 16.7 Å². The molecule has 4 N–H and O–H groups in total. The minimum absolute atomic E-state index is 0.0524. The van der Waals surface area contributed by atoms with Gasteiger partial charge in [-0.1, -0.05) is 41.9 Å². The lowest BCUT2D eigenvalue weighted by molar-refractivity contribution is 0.0995. The van der Waals surface area contributed by atoms with Crippen LogP contribution in [0.4, 0.5) is 5.69 Å². The van der Waals surface area contributed by atoms with Gasteiger partial charge in [-0.2, -0.15) is 5.10 Å². The summed E-state index contributed by atoms with van der Waals surface area (Å²) in [5, 5.41) is 28.5. The summed E-state index contributed by atoms with van der Waals surface area (Å²) in [6.07, 6.45) is 1.35. The van der Waals surface area contributed by atoms with Gasteiger partial charge in [0.05, 0.1) is 33.6 Å².